The second kappa shape index (κ2) is 11.3. The zero-order valence-corrected chi connectivity index (χ0v) is 23.5. The third-order valence-electron chi connectivity index (χ3n) is 6.22. The second-order valence-corrected chi connectivity index (χ2v) is 9.92. The first-order chi connectivity index (χ1) is 19.3. The summed E-state index contributed by atoms with van der Waals surface area (Å²) < 4.78 is 19.6. The van der Waals surface area contributed by atoms with Crippen molar-refractivity contribution in [3.05, 3.63) is 91.2 Å². The van der Waals surface area contributed by atoms with Crippen molar-refractivity contribution in [2.75, 3.05) is 6.61 Å². The molecule has 204 valence electrons. The summed E-state index contributed by atoms with van der Waals surface area (Å²) in [5, 5.41) is 17.6. The van der Waals surface area contributed by atoms with Gasteiger partial charge >= 0.3 is 5.69 Å². The van der Waals surface area contributed by atoms with E-state index in [0.29, 0.717) is 34.2 Å². The van der Waals surface area contributed by atoms with Crippen LogP contribution in [0.4, 0.5) is 5.69 Å². The normalized spacial score (nSPS) is 12.3. The number of nitro benzene ring substituents is 1. The van der Waals surface area contributed by atoms with Gasteiger partial charge in [-0.15, -0.1) is 0 Å². The summed E-state index contributed by atoms with van der Waals surface area (Å²) in [5.41, 5.74) is 0.752. The van der Waals surface area contributed by atoms with Crippen LogP contribution in [0.1, 0.15) is 32.8 Å². The van der Waals surface area contributed by atoms with Crippen LogP contribution in [0.3, 0.4) is 0 Å². The Morgan fingerprint density at radius 2 is 1.98 bits per heavy atom. The molecule has 0 aliphatic heterocycles. The lowest BCUT2D eigenvalue weighted by Gasteiger charge is -2.16. The number of benzene rings is 3. The molecule has 5 aromatic rings. The molecule has 10 nitrogen and oxygen atoms in total. The molecular weight excluding hydrogens is 580 g/mol. The Hall–Kier alpha value is -4.51. The molecule has 11 heteroatoms. The van der Waals surface area contributed by atoms with E-state index in [1.807, 2.05) is 32.0 Å². The molecule has 0 unspecified atom stereocenters. The molecule has 0 N–H and O–H groups in total. The molecule has 0 amide bonds. The highest BCUT2D eigenvalue weighted by Gasteiger charge is 2.24. The summed E-state index contributed by atoms with van der Waals surface area (Å²) >= 11 is 3.46. The maximum Gasteiger partial charge on any atom is 0.315 e. The van der Waals surface area contributed by atoms with Gasteiger partial charge in [0.2, 0.25) is 11.6 Å². The van der Waals surface area contributed by atoms with E-state index < -0.39 is 10.5 Å². The van der Waals surface area contributed by atoms with Crippen molar-refractivity contribution in [3.8, 4) is 23.1 Å². The minimum Gasteiger partial charge on any atom is -0.490 e. The summed E-state index contributed by atoms with van der Waals surface area (Å²) in [4.78, 5) is 29.7. The average Bonchev–Trinajstić information content (AvgIpc) is 3.36. The zero-order chi connectivity index (χ0) is 28.4. The smallest absolute Gasteiger partial charge is 0.315 e. The largest absolute Gasteiger partial charge is 0.490 e. The molecular formula is C29H25BrN4O6. The Morgan fingerprint density at radius 3 is 2.73 bits per heavy atom. The SMILES string of the molecule is CCOc1cc(C=Nn2c(-c3cc4cc(Br)ccc4o3)nc3ccccc3c2=O)cc([N+](=O)[O-])c1O[C@@H](C)CC. The molecule has 40 heavy (non-hydrogen) atoms. The Balaban J connectivity index is 1.68. The van der Waals surface area contributed by atoms with Crippen LogP contribution in [-0.2, 0) is 0 Å². The van der Waals surface area contributed by atoms with Gasteiger partial charge in [0.15, 0.2) is 11.5 Å². The highest BCUT2D eigenvalue weighted by Crippen LogP contribution is 2.39. The van der Waals surface area contributed by atoms with Crippen molar-refractivity contribution in [1.82, 2.24) is 9.66 Å². The summed E-state index contributed by atoms with van der Waals surface area (Å²) in [7, 11) is 0. The van der Waals surface area contributed by atoms with E-state index in [1.165, 1.54) is 12.3 Å². The van der Waals surface area contributed by atoms with Gasteiger partial charge in [0.1, 0.15) is 5.58 Å². The Labute approximate surface area is 237 Å². The molecule has 0 saturated carbocycles. The number of fused-ring (bicyclic) bond motifs is 2. The molecule has 0 spiro atoms. The first-order valence-electron chi connectivity index (χ1n) is 12.7. The van der Waals surface area contributed by atoms with Crippen LogP contribution in [0.25, 0.3) is 33.5 Å². The molecule has 0 fully saturated rings. The van der Waals surface area contributed by atoms with Crippen LogP contribution in [-0.4, -0.2) is 33.5 Å². The minimum absolute atomic E-state index is 0.0528. The van der Waals surface area contributed by atoms with Crippen LogP contribution in [0.5, 0.6) is 11.5 Å². The fourth-order valence-electron chi connectivity index (χ4n) is 4.12. The first-order valence-corrected chi connectivity index (χ1v) is 13.5. The lowest BCUT2D eigenvalue weighted by molar-refractivity contribution is -0.386. The number of ether oxygens (including phenoxy) is 2. The summed E-state index contributed by atoms with van der Waals surface area (Å²) in [6.07, 6.45) is 1.75. The Morgan fingerprint density at radius 1 is 1.18 bits per heavy atom. The van der Waals surface area contributed by atoms with Gasteiger partial charge in [0, 0.05) is 21.5 Å². The van der Waals surface area contributed by atoms with Crippen molar-refractivity contribution in [2.45, 2.75) is 33.3 Å². The third kappa shape index (κ3) is 5.32. The maximum atomic E-state index is 13.6. The number of hydrogen-bond donors (Lipinski definition) is 0. The van der Waals surface area contributed by atoms with Gasteiger partial charge in [-0.2, -0.15) is 9.78 Å². The standard InChI is InChI=1S/C29H25BrN4O6/c1-4-17(3)39-27-23(34(36)37)12-18(13-25(27)38-5-2)16-31-33-28(32-22-9-7-6-8-21(22)29(33)35)26-15-19-14-20(30)10-11-24(19)40-26/h6-17H,4-5H2,1-3H3/t17-/m0/s1. The molecule has 0 bridgehead atoms. The van der Waals surface area contributed by atoms with Gasteiger partial charge < -0.3 is 13.9 Å². The molecule has 0 saturated heterocycles. The van der Waals surface area contributed by atoms with Crippen molar-refractivity contribution < 1.29 is 18.8 Å². The van der Waals surface area contributed by atoms with E-state index in [1.54, 1.807) is 43.3 Å². The Kier molecular flexibility index (Phi) is 7.65. The van der Waals surface area contributed by atoms with Crippen LogP contribution < -0.4 is 15.0 Å². The number of rotatable bonds is 9. The summed E-state index contributed by atoms with van der Waals surface area (Å²) in [6, 6.07) is 17.2. The molecule has 2 aromatic heterocycles. The van der Waals surface area contributed by atoms with E-state index in [9.17, 15) is 14.9 Å². The second-order valence-electron chi connectivity index (χ2n) is 9.00. The average molecular weight is 605 g/mol. The number of nitrogens with zero attached hydrogens (tertiary/aromatic N) is 4. The van der Waals surface area contributed by atoms with Gasteiger partial charge in [0.25, 0.3) is 5.56 Å². The number of para-hydroxylation sites is 1. The molecule has 3 aromatic carbocycles. The van der Waals surface area contributed by atoms with Crippen molar-refractivity contribution >= 4 is 49.7 Å². The van der Waals surface area contributed by atoms with E-state index in [2.05, 4.69) is 26.0 Å². The van der Waals surface area contributed by atoms with Crippen molar-refractivity contribution in [3.63, 3.8) is 0 Å². The number of halogens is 1. The van der Waals surface area contributed by atoms with E-state index in [0.717, 1.165) is 14.5 Å². The third-order valence-corrected chi connectivity index (χ3v) is 6.72. The Bertz CT molecular complexity index is 1830. The fraction of sp³-hybridized carbons (Fsp3) is 0.207. The number of nitro groups is 1. The number of hydrogen-bond acceptors (Lipinski definition) is 8. The number of furan rings is 1. The van der Waals surface area contributed by atoms with Crippen molar-refractivity contribution in [2.24, 2.45) is 5.10 Å². The van der Waals surface area contributed by atoms with E-state index >= 15 is 0 Å². The minimum atomic E-state index is -0.528. The quantitative estimate of drug-likeness (QED) is 0.101. The van der Waals surface area contributed by atoms with Gasteiger partial charge in [0.05, 0.1) is 34.8 Å². The van der Waals surface area contributed by atoms with Gasteiger partial charge in [-0.1, -0.05) is 35.0 Å². The first kappa shape index (κ1) is 27.1. The fourth-order valence-corrected chi connectivity index (χ4v) is 4.50. The number of aromatic nitrogens is 2. The predicted molar refractivity (Wildman–Crippen MR) is 157 cm³/mol. The van der Waals surface area contributed by atoms with Crippen LogP contribution in [0.2, 0.25) is 0 Å². The maximum absolute atomic E-state index is 13.6. The lowest BCUT2D eigenvalue weighted by Crippen LogP contribution is -2.20. The monoisotopic (exact) mass is 604 g/mol. The molecule has 2 heterocycles. The van der Waals surface area contributed by atoms with Gasteiger partial charge in [-0.25, -0.2) is 4.98 Å². The van der Waals surface area contributed by atoms with Crippen LogP contribution in [0, 0.1) is 10.1 Å². The highest BCUT2D eigenvalue weighted by molar-refractivity contribution is 9.10. The van der Waals surface area contributed by atoms with Gasteiger partial charge in [-0.05, 0) is 62.7 Å². The van der Waals surface area contributed by atoms with E-state index in [-0.39, 0.29) is 35.7 Å². The predicted octanol–water partition coefficient (Wildman–Crippen LogP) is 6.94. The summed E-state index contributed by atoms with van der Waals surface area (Å²) in [5.74, 6) is 0.789. The molecule has 1 atom stereocenters. The lowest BCUT2D eigenvalue weighted by atomic mass is 10.1. The molecule has 0 aliphatic rings. The topological polar surface area (TPSA) is 122 Å². The molecule has 5 rings (SSSR count). The summed E-state index contributed by atoms with van der Waals surface area (Å²) in [6.45, 7) is 5.80. The van der Waals surface area contributed by atoms with Crippen LogP contribution in [0.15, 0.2) is 79.4 Å². The van der Waals surface area contributed by atoms with Crippen molar-refractivity contribution in [1.29, 1.82) is 0 Å². The zero-order valence-electron chi connectivity index (χ0n) is 22.0. The van der Waals surface area contributed by atoms with Crippen LogP contribution >= 0.6 is 15.9 Å². The van der Waals surface area contributed by atoms with E-state index in [4.69, 9.17) is 13.9 Å². The molecule has 0 radical (unpaired) electrons. The molecule has 0 aliphatic carbocycles. The van der Waals surface area contributed by atoms with Gasteiger partial charge in [-0.3, -0.25) is 14.9 Å². The highest BCUT2D eigenvalue weighted by atomic mass is 79.9.